The fraction of sp³-hybridized carbons (Fsp3) is 0.857. The van der Waals surface area contributed by atoms with E-state index in [1.54, 1.807) is 0 Å². The quantitative estimate of drug-likeness (QED) is 0.471. The number of nitrogens with one attached hydrogen (secondary N) is 1. The summed E-state index contributed by atoms with van der Waals surface area (Å²) in [6.45, 7) is 3.19. The van der Waals surface area contributed by atoms with E-state index < -0.39 is 0 Å². The average molecular weight is 271 g/mol. The SMILES string of the molecule is CCCOC(=O)NCCCI. The van der Waals surface area contributed by atoms with Gasteiger partial charge in [-0.1, -0.05) is 29.5 Å². The number of carbonyl (C=O) groups excluding carboxylic acids is 1. The maximum absolute atomic E-state index is 10.7. The summed E-state index contributed by atoms with van der Waals surface area (Å²) < 4.78 is 5.85. The second kappa shape index (κ2) is 8.10. The molecule has 0 aromatic heterocycles. The Morgan fingerprint density at radius 2 is 2.36 bits per heavy atom. The van der Waals surface area contributed by atoms with Crippen molar-refractivity contribution in [3.63, 3.8) is 0 Å². The third-order valence-electron chi connectivity index (χ3n) is 1.02. The first kappa shape index (κ1) is 11.0. The Kier molecular flexibility index (Phi) is 8.10. The van der Waals surface area contributed by atoms with Gasteiger partial charge in [0.15, 0.2) is 0 Å². The molecule has 0 saturated heterocycles. The smallest absolute Gasteiger partial charge is 0.407 e. The topological polar surface area (TPSA) is 38.3 Å². The zero-order valence-corrected chi connectivity index (χ0v) is 8.89. The van der Waals surface area contributed by atoms with E-state index in [1.807, 2.05) is 6.92 Å². The highest BCUT2D eigenvalue weighted by Crippen LogP contribution is 1.87. The second-order valence-electron chi connectivity index (χ2n) is 2.11. The van der Waals surface area contributed by atoms with Gasteiger partial charge in [0, 0.05) is 11.0 Å². The van der Waals surface area contributed by atoms with Crippen molar-refractivity contribution in [1.29, 1.82) is 0 Å². The first-order valence-electron chi connectivity index (χ1n) is 3.77. The van der Waals surface area contributed by atoms with Gasteiger partial charge in [-0.05, 0) is 12.8 Å². The number of ether oxygens (including phenoxy) is 1. The average Bonchev–Trinajstić information content (AvgIpc) is 2.01. The maximum Gasteiger partial charge on any atom is 0.407 e. The molecule has 0 bridgehead atoms. The van der Waals surface area contributed by atoms with Crippen molar-refractivity contribution in [2.45, 2.75) is 19.8 Å². The molecule has 0 fully saturated rings. The molecule has 0 unspecified atom stereocenters. The van der Waals surface area contributed by atoms with Gasteiger partial charge in [0.1, 0.15) is 0 Å². The summed E-state index contributed by atoms with van der Waals surface area (Å²) in [6.07, 6.45) is 1.58. The predicted octanol–water partition coefficient (Wildman–Crippen LogP) is 1.95. The Labute approximate surface area is 81.0 Å². The second-order valence-corrected chi connectivity index (χ2v) is 3.18. The van der Waals surface area contributed by atoms with Crippen LogP contribution >= 0.6 is 22.6 Å². The van der Waals surface area contributed by atoms with E-state index in [0.717, 1.165) is 17.3 Å². The van der Waals surface area contributed by atoms with Gasteiger partial charge in [0.2, 0.25) is 0 Å². The molecule has 0 aliphatic heterocycles. The Hall–Kier alpha value is 0. The van der Waals surface area contributed by atoms with Crippen molar-refractivity contribution in [2.75, 3.05) is 17.6 Å². The predicted molar refractivity (Wildman–Crippen MR) is 53.1 cm³/mol. The lowest BCUT2D eigenvalue weighted by atomic mass is 10.5. The number of amides is 1. The largest absolute Gasteiger partial charge is 0.450 e. The molecule has 0 aromatic rings. The van der Waals surface area contributed by atoms with Crippen LogP contribution in [-0.2, 0) is 4.74 Å². The van der Waals surface area contributed by atoms with Crippen molar-refractivity contribution in [1.82, 2.24) is 5.32 Å². The molecule has 0 aliphatic rings. The minimum Gasteiger partial charge on any atom is -0.450 e. The molecule has 0 spiro atoms. The number of alkyl carbamates (subject to hydrolysis) is 1. The van der Waals surface area contributed by atoms with Crippen molar-refractivity contribution < 1.29 is 9.53 Å². The van der Waals surface area contributed by atoms with E-state index in [1.165, 1.54) is 0 Å². The van der Waals surface area contributed by atoms with E-state index in [0.29, 0.717) is 13.2 Å². The number of alkyl halides is 1. The van der Waals surface area contributed by atoms with Gasteiger partial charge in [-0.15, -0.1) is 0 Å². The van der Waals surface area contributed by atoms with E-state index >= 15 is 0 Å². The highest BCUT2D eigenvalue weighted by Gasteiger charge is 1.97. The standard InChI is InChI=1S/C7H14INO2/c1-2-6-11-7(10)9-5-3-4-8/h2-6H2,1H3,(H,9,10). The van der Waals surface area contributed by atoms with Crippen LogP contribution in [0.5, 0.6) is 0 Å². The van der Waals surface area contributed by atoms with Gasteiger partial charge in [0.25, 0.3) is 0 Å². The lowest BCUT2D eigenvalue weighted by molar-refractivity contribution is 0.146. The lowest BCUT2D eigenvalue weighted by Gasteiger charge is -2.03. The van der Waals surface area contributed by atoms with E-state index in [-0.39, 0.29) is 6.09 Å². The van der Waals surface area contributed by atoms with Crippen LogP contribution in [-0.4, -0.2) is 23.7 Å². The fourth-order valence-electron chi connectivity index (χ4n) is 0.503. The van der Waals surface area contributed by atoms with Gasteiger partial charge in [-0.25, -0.2) is 4.79 Å². The first-order valence-corrected chi connectivity index (χ1v) is 5.30. The Balaban J connectivity index is 3.09. The molecule has 0 rings (SSSR count). The van der Waals surface area contributed by atoms with Crippen LogP contribution in [0.1, 0.15) is 19.8 Å². The van der Waals surface area contributed by atoms with Crippen LogP contribution in [0.25, 0.3) is 0 Å². The zero-order valence-electron chi connectivity index (χ0n) is 6.73. The molecule has 1 N–H and O–H groups in total. The minimum atomic E-state index is -0.295. The van der Waals surface area contributed by atoms with Gasteiger partial charge < -0.3 is 10.1 Å². The summed E-state index contributed by atoms with van der Waals surface area (Å²) in [7, 11) is 0. The summed E-state index contributed by atoms with van der Waals surface area (Å²) in [5.41, 5.74) is 0. The molecule has 11 heavy (non-hydrogen) atoms. The minimum absolute atomic E-state index is 0.295. The van der Waals surface area contributed by atoms with Gasteiger partial charge >= 0.3 is 6.09 Å². The number of carbonyl (C=O) groups is 1. The van der Waals surface area contributed by atoms with E-state index in [2.05, 4.69) is 27.9 Å². The highest BCUT2D eigenvalue weighted by molar-refractivity contribution is 14.1. The van der Waals surface area contributed by atoms with Crippen LogP contribution in [0.3, 0.4) is 0 Å². The zero-order chi connectivity index (χ0) is 8.53. The van der Waals surface area contributed by atoms with Crippen LogP contribution in [0.2, 0.25) is 0 Å². The summed E-state index contributed by atoms with van der Waals surface area (Å²) in [5.74, 6) is 0. The Bertz CT molecular complexity index is 109. The van der Waals surface area contributed by atoms with E-state index in [9.17, 15) is 4.79 Å². The molecule has 0 saturated carbocycles. The van der Waals surface area contributed by atoms with Crippen LogP contribution in [0, 0.1) is 0 Å². The Morgan fingerprint density at radius 1 is 1.64 bits per heavy atom. The summed E-state index contributed by atoms with van der Waals surface area (Å²) in [4.78, 5) is 10.7. The molecule has 0 aromatic carbocycles. The number of rotatable bonds is 5. The molecule has 4 heteroatoms. The molecular weight excluding hydrogens is 257 g/mol. The lowest BCUT2D eigenvalue weighted by Crippen LogP contribution is -2.25. The Morgan fingerprint density at radius 3 is 2.91 bits per heavy atom. The summed E-state index contributed by atoms with van der Waals surface area (Å²) >= 11 is 2.27. The third kappa shape index (κ3) is 7.90. The molecule has 0 aliphatic carbocycles. The molecule has 0 heterocycles. The van der Waals surface area contributed by atoms with Gasteiger partial charge in [-0.2, -0.15) is 0 Å². The fourth-order valence-corrected chi connectivity index (χ4v) is 0.884. The van der Waals surface area contributed by atoms with E-state index in [4.69, 9.17) is 4.74 Å². The molecular formula is C7H14INO2. The third-order valence-corrected chi connectivity index (χ3v) is 1.78. The molecule has 1 amide bonds. The monoisotopic (exact) mass is 271 g/mol. The number of hydrogen-bond acceptors (Lipinski definition) is 2. The van der Waals surface area contributed by atoms with Crippen molar-refractivity contribution in [3.8, 4) is 0 Å². The van der Waals surface area contributed by atoms with Crippen LogP contribution in [0.4, 0.5) is 4.79 Å². The van der Waals surface area contributed by atoms with Crippen LogP contribution in [0.15, 0.2) is 0 Å². The molecule has 66 valence electrons. The normalized spacial score (nSPS) is 9.27. The van der Waals surface area contributed by atoms with Crippen molar-refractivity contribution in [2.24, 2.45) is 0 Å². The molecule has 0 radical (unpaired) electrons. The number of halogens is 1. The van der Waals surface area contributed by atoms with Crippen LogP contribution < -0.4 is 5.32 Å². The first-order chi connectivity index (χ1) is 5.31. The summed E-state index contributed by atoms with van der Waals surface area (Å²) in [5, 5.41) is 2.65. The molecule has 3 nitrogen and oxygen atoms in total. The summed E-state index contributed by atoms with van der Waals surface area (Å²) in [6, 6.07) is 0. The molecule has 0 atom stereocenters. The van der Waals surface area contributed by atoms with Gasteiger partial charge in [-0.3, -0.25) is 0 Å². The number of hydrogen-bond donors (Lipinski definition) is 1. The highest BCUT2D eigenvalue weighted by atomic mass is 127. The maximum atomic E-state index is 10.7. The van der Waals surface area contributed by atoms with Crippen molar-refractivity contribution >= 4 is 28.7 Å². The van der Waals surface area contributed by atoms with Gasteiger partial charge in [0.05, 0.1) is 6.61 Å². The van der Waals surface area contributed by atoms with Crippen molar-refractivity contribution in [3.05, 3.63) is 0 Å².